The average molecular weight is 427 g/mol. The third-order valence-electron chi connectivity index (χ3n) is 6.72. The van der Waals surface area contributed by atoms with Gasteiger partial charge in [-0.25, -0.2) is 9.97 Å². The van der Waals surface area contributed by atoms with E-state index in [-0.39, 0.29) is 6.04 Å². The van der Waals surface area contributed by atoms with Gasteiger partial charge in [-0.05, 0) is 39.0 Å². The fraction of sp³-hybridized carbons (Fsp3) is 0.375. The molecule has 8 heteroatoms. The van der Waals surface area contributed by atoms with Crippen LogP contribution in [0, 0.1) is 12.8 Å². The summed E-state index contributed by atoms with van der Waals surface area (Å²) in [5, 5.41) is 8.94. The second-order valence-corrected chi connectivity index (χ2v) is 8.72. The predicted molar refractivity (Wildman–Crippen MR) is 122 cm³/mol. The molecule has 1 fully saturated rings. The van der Waals surface area contributed by atoms with Gasteiger partial charge in [0.05, 0.1) is 12.2 Å². The van der Waals surface area contributed by atoms with E-state index in [2.05, 4.69) is 50.6 Å². The minimum Gasteiger partial charge on any atom is -0.341 e. The van der Waals surface area contributed by atoms with Crippen LogP contribution in [0.15, 0.2) is 48.9 Å². The molecule has 2 atom stereocenters. The smallest absolute Gasteiger partial charge is 0.237 e. The van der Waals surface area contributed by atoms with Crippen molar-refractivity contribution in [3.63, 3.8) is 0 Å². The first-order valence-corrected chi connectivity index (χ1v) is 11.3. The summed E-state index contributed by atoms with van der Waals surface area (Å²) in [5.74, 6) is 4.94. The van der Waals surface area contributed by atoms with Crippen molar-refractivity contribution in [1.82, 2.24) is 34.3 Å². The van der Waals surface area contributed by atoms with Crippen LogP contribution >= 0.6 is 0 Å². The normalized spacial score (nSPS) is 18.3. The van der Waals surface area contributed by atoms with Gasteiger partial charge in [0.2, 0.25) is 5.95 Å². The van der Waals surface area contributed by atoms with Gasteiger partial charge in [-0.1, -0.05) is 37.3 Å². The lowest BCUT2D eigenvalue weighted by Gasteiger charge is -2.41. The highest BCUT2D eigenvalue weighted by Crippen LogP contribution is 2.45. The van der Waals surface area contributed by atoms with Crippen LogP contribution in [0.5, 0.6) is 0 Å². The molecule has 2 aliphatic rings. The zero-order chi connectivity index (χ0) is 21.8. The highest BCUT2D eigenvalue weighted by molar-refractivity contribution is 5.64. The Morgan fingerprint density at radius 2 is 1.91 bits per heavy atom. The number of hydrogen-bond acceptors (Lipinski definition) is 6. The van der Waals surface area contributed by atoms with Gasteiger partial charge in [0.15, 0.2) is 11.6 Å². The summed E-state index contributed by atoms with van der Waals surface area (Å²) in [7, 11) is 0. The van der Waals surface area contributed by atoms with Crippen molar-refractivity contribution >= 4 is 5.82 Å². The average Bonchev–Trinajstić information content (AvgIpc) is 3.44. The molecule has 162 valence electrons. The summed E-state index contributed by atoms with van der Waals surface area (Å²) in [6.45, 7) is 6.52. The molecule has 3 aromatic heterocycles. The van der Waals surface area contributed by atoms with Crippen molar-refractivity contribution < 1.29 is 0 Å². The Kier molecular flexibility index (Phi) is 4.34. The number of benzene rings is 1. The largest absolute Gasteiger partial charge is 0.341 e. The molecule has 0 N–H and O–H groups in total. The standard InChI is InChI=1S/C24H26N8/c1-4-19-23-29-28-16(3)32(23)20-14-26-24(27-22(20)31(19)15(2)17-10-11-17)30-13-12-25-21(30)18-8-6-5-7-9-18/h5-9,12-15,17,19H,4,10-11H2,1-3H3/t15?,19-/m1/s1. The number of aryl methyl sites for hydroxylation is 1. The fourth-order valence-corrected chi connectivity index (χ4v) is 4.91. The first-order valence-electron chi connectivity index (χ1n) is 11.3. The van der Waals surface area contributed by atoms with Crippen molar-refractivity contribution in [3.05, 3.63) is 60.6 Å². The predicted octanol–water partition coefficient (Wildman–Crippen LogP) is 4.29. The third kappa shape index (κ3) is 2.86. The molecule has 0 radical (unpaired) electrons. The van der Waals surface area contributed by atoms with E-state index in [1.807, 2.05) is 42.1 Å². The second-order valence-electron chi connectivity index (χ2n) is 8.72. The maximum absolute atomic E-state index is 5.13. The van der Waals surface area contributed by atoms with Crippen LogP contribution in [0.3, 0.4) is 0 Å². The lowest BCUT2D eigenvalue weighted by atomic mass is 10.0. The second kappa shape index (κ2) is 7.25. The molecular weight excluding hydrogens is 400 g/mol. The van der Waals surface area contributed by atoms with E-state index in [1.165, 1.54) is 12.8 Å². The summed E-state index contributed by atoms with van der Waals surface area (Å²) in [4.78, 5) is 16.9. The summed E-state index contributed by atoms with van der Waals surface area (Å²) in [6.07, 6.45) is 9.11. The Morgan fingerprint density at radius 3 is 2.66 bits per heavy atom. The minimum absolute atomic E-state index is 0.137. The number of anilines is 1. The van der Waals surface area contributed by atoms with Gasteiger partial charge in [0.25, 0.3) is 0 Å². The first-order chi connectivity index (χ1) is 15.7. The maximum atomic E-state index is 5.13. The molecule has 0 bridgehead atoms. The third-order valence-corrected chi connectivity index (χ3v) is 6.72. The lowest BCUT2D eigenvalue weighted by Crippen LogP contribution is -2.43. The number of nitrogens with zero attached hydrogens (tertiary/aromatic N) is 8. The summed E-state index contributed by atoms with van der Waals surface area (Å²) >= 11 is 0. The topological polar surface area (TPSA) is 77.5 Å². The van der Waals surface area contributed by atoms with Gasteiger partial charge >= 0.3 is 0 Å². The highest BCUT2D eigenvalue weighted by atomic mass is 15.4. The molecule has 0 amide bonds. The van der Waals surface area contributed by atoms with E-state index in [0.717, 1.165) is 41.0 Å². The van der Waals surface area contributed by atoms with E-state index in [9.17, 15) is 0 Å². The van der Waals surface area contributed by atoms with E-state index in [0.29, 0.717) is 17.9 Å². The van der Waals surface area contributed by atoms with Crippen molar-refractivity contribution in [2.45, 2.75) is 52.1 Å². The van der Waals surface area contributed by atoms with Crippen LogP contribution in [0.2, 0.25) is 0 Å². The van der Waals surface area contributed by atoms with Crippen LogP contribution in [0.1, 0.15) is 50.8 Å². The van der Waals surface area contributed by atoms with Gasteiger partial charge in [0, 0.05) is 24.0 Å². The molecule has 6 rings (SSSR count). The summed E-state index contributed by atoms with van der Waals surface area (Å²) < 4.78 is 4.08. The number of fused-ring (bicyclic) bond motifs is 3. The number of aromatic nitrogens is 7. The van der Waals surface area contributed by atoms with Crippen LogP contribution < -0.4 is 4.90 Å². The zero-order valence-corrected chi connectivity index (χ0v) is 18.5. The molecule has 0 saturated heterocycles. The molecule has 1 aliphatic heterocycles. The molecule has 1 saturated carbocycles. The maximum Gasteiger partial charge on any atom is 0.237 e. The van der Waals surface area contributed by atoms with Crippen LogP contribution in [0.4, 0.5) is 5.82 Å². The van der Waals surface area contributed by atoms with Crippen LogP contribution in [-0.4, -0.2) is 40.3 Å². The monoisotopic (exact) mass is 426 g/mol. The summed E-state index contributed by atoms with van der Waals surface area (Å²) in [5.41, 5.74) is 1.98. The lowest BCUT2D eigenvalue weighted by molar-refractivity contribution is 0.453. The van der Waals surface area contributed by atoms with Crippen molar-refractivity contribution in [2.75, 3.05) is 4.90 Å². The van der Waals surface area contributed by atoms with Crippen LogP contribution in [-0.2, 0) is 0 Å². The van der Waals surface area contributed by atoms with E-state index < -0.39 is 0 Å². The van der Waals surface area contributed by atoms with E-state index >= 15 is 0 Å². The molecule has 4 aromatic rings. The molecule has 1 aromatic carbocycles. The quantitative estimate of drug-likeness (QED) is 0.474. The first kappa shape index (κ1) is 19.2. The van der Waals surface area contributed by atoms with Crippen molar-refractivity contribution in [1.29, 1.82) is 0 Å². The van der Waals surface area contributed by atoms with Gasteiger partial charge in [-0.3, -0.25) is 9.13 Å². The van der Waals surface area contributed by atoms with Gasteiger partial charge < -0.3 is 4.90 Å². The molecule has 4 heterocycles. The van der Waals surface area contributed by atoms with Crippen molar-refractivity contribution in [3.8, 4) is 23.0 Å². The van der Waals surface area contributed by atoms with E-state index in [4.69, 9.17) is 9.97 Å². The molecule has 1 unspecified atom stereocenters. The molecule has 1 aliphatic carbocycles. The van der Waals surface area contributed by atoms with Crippen LogP contribution in [0.25, 0.3) is 23.0 Å². The van der Waals surface area contributed by atoms with E-state index in [1.54, 1.807) is 6.20 Å². The summed E-state index contributed by atoms with van der Waals surface area (Å²) in [6, 6.07) is 10.7. The van der Waals surface area contributed by atoms with Gasteiger partial charge in [0.1, 0.15) is 17.3 Å². The number of imidazole rings is 1. The minimum atomic E-state index is 0.137. The SMILES string of the molecule is CC[C@@H]1c2nnc(C)n2-c2cnc(-n3ccnc3-c3ccccc3)nc2N1C(C)C1CC1. The fourth-order valence-electron chi connectivity index (χ4n) is 4.91. The Morgan fingerprint density at radius 1 is 1.09 bits per heavy atom. The molecule has 8 nitrogen and oxygen atoms in total. The Bertz CT molecular complexity index is 1270. The van der Waals surface area contributed by atoms with Crippen molar-refractivity contribution in [2.24, 2.45) is 5.92 Å². The number of hydrogen-bond donors (Lipinski definition) is 0. The molecular formula is C24H26N8. The highest BCUT2D eigenvalue weighted by Gasteiger charge is 2.42. The molecule has 0 spiro atoms. The Balaban J connectivity index is 1.53. The number of rotatable bonds is 5. The Labute approximate surface area is 187 Å². The van der Waals surface area contributed by atoms with Gasteiger partial charge in [-0.2, -0.15) is 4.98 Å². The Hall–Kier alpha value is -3.55. The zero-order valence-electron chi connectivity index (χ0n) is 18.5. The van der Waals surface area contributed by atoms with Gasteiger partial charge in [-0.15, -0.1) is 10.2 Å². The molecule has 32 heavy (non-hydrogen) atoms.